The molecule has 5 heteroatoms. The van der Waals surface area contributed by atoms with Crippen LogP contribution in [0, 0.1) is 12.8 Å². The van der Waals surface area contributed by atoms with Gasteiger partial charge in [-0.3, -0.25) is 4.79 Å². The quantitative estimate of drug-likeness (QED) is 0.851. The number of fused-ring (bicyclic) bond motifs is 1. The molecule has 0 aliphatic heterocycles. The molecule has 0 saturated heterocycles. The van der Waals surface area contributed by atoms with E-state index in [1.165, 1.54) is 12.0 Å². The van der Waals surface area contributed by atoms with E-state index < -0.39 is 0 Å². The highest BCUT2D eigenvalue weighted by Crippen LogP contribution is 2.30. The zero-order chi connectivity index (χ0) is 16.4. The number of hydrogen-bond acceptors (Lipinski definition) is 3. The third kappa shape index (κ3) is 3.07. The van der Waals surface area contributed by atoms with Crippen molar-refractivity contribution in [3.05, 3.63) is 22.5 Å². The van der Waals surface area contributed by atoms with Gasteiger partial charge in [-0.05, 0) is 38.3 Å². The Morgan fingerprint density at radius 1 is 1.35 bits per heavy atom. The molecule has 23 heavy (non-hydrogen) atoms. The first-order valence-electron chi connectivity index (χ1n) is 8.41. The summed E-state index contributed by atoms with van der Waals surface area (Å²) in [6.07, 6.45) is 5.53. The molecule has 1 heterocycles. The highest BCUT2D eigenvalue weighted by atomic mass is 32.1. The molecule has 0 atom stereocenters. The van der Waals surface area contributed by atoms with Crippen LogP contribution >= 0.6 is 11.3 Å². The molecule has 0 unspecified atom stereocenters. The van der Waals surface area contributed by atoms with Crippen molar-refractivity contribution in [2.45, 2.75) is 52.5 Å². The molecule has 1 aromatic carbocycles. The molecule has 1 aliphatic rings. The summed E-state index contributed by atoms with van der Waals surface area (Å²) in [4.78, 5) is 17.8. The van der Waals surface area contributed by atoms with Crippen molar-refractivity contribution in [2.24, 2.45) is 10.9 Å². The van der Waals surface area contributed by atoms with Gasteiger partial charge in [0.25, 0.3) is 5.91 Å². The van der Waals surface area contributed by atoms with Gasteiger partial charge in [-0.2, -0.15) is 4.99 Å². The molecule has 124 valence electrons. The summed E-state index contributed by atoms with van der Waals surface area (Å²) in [5.41, 5.74) is 2.25. The third-order valence-electron chi connectivity index (χ3n) is 4.68. The number of thiazole rings is 1. The minimum absolute atomic E-state index is 0.0510. The minimum atomic E-state index is 0.0510. The predicted octanol–water partition coefficient (Wildman–Crippen LogP) is 4.05. The maximum absolute atomic E-state index is 12.5. The number of carbonyl (C=O) groups excluding carboxylic acids is 1. The van der Waals surface area contributed by atoms with Crippen molar-refractivity contribution in [2.75, 3.05) is 7.11 Å². The molecule has 1 saturated carbocycles. The summed E-state index contributed by atoms with van der Waals surface area (Å²) in [7, 11) is 1.69. The monoisotopic (exact) mass is 332 g/mol. The molecule has 3 rings (SSSR count). The van der Waals surface area contributed by atoms with Crippen LogP contribution in [0.3, 0.4) is 0 Å². The van der Waals surface area contributed by atoms with Gasteiger partial charge in [0.15, 0.2) is 4.80 Å². The van der Waals surface area contributed by atoms with Crippen molar-refractivity contribution >= 4 is 27.5 Å². The van der Waals surface area contributed by atoms with Gasteiger partial charge in [0.05, 0.1) is 11.8 Å². The Bertz CT molecular complexity index is 782. The van der Waals surface area contributed by atoms with E-state index in [0.29, 0.717) is 0 Å². The first-order chi connectivity index (χ1) is 11.2. The molecule has 0 N–H and O–H groups in total. The Balaban J connectivity index is 2.11. The van der Waals surface area contributed by atoms with Crippen LogP contribution in [0.4, 0.5) is 0 Å². The number of aryl methyl sites for hydroxylation is 2. The predicted molar refractivity (Wildman–Crippen MR) is 93.9 cm³/mol. The highest BCUT2D eigenvalue weighted by molar-refractivity contribution is 7.16. The van der Waals surface area contributed by atoms with Gasteiger partial charge in [-0.25, -0.2) is 0 Å². The number of amides is 1. The average Bonchev–Trinajstić information content (AvgIpc) is 2.95. The number of benzene rings is 1. The van der Waals surface area contributed by atoms with E-state index in [0.717, 1.165) is 53.0 Å². The van der Waals surface area contributed by atoms with Gasteiger partial charge >= 0.3 is 0 Å². The van der Waals surface area contributed by atoms with Crippen molar-refractivity contribution in [1.29, 1.82) is 0 Å². The van der Waals surface area contributed by atoms with Crippen LogP contribution in [0.2, 0.25) is 0 Å². The molecule has 2 aromatic rings. The number of methoxy groups -OCH3 is 1. The second-order valence-corrected chi connectivity index (χ2v) is 7.15. The molecular formula is C18H24N2O2S. The van der Waals surface area contributed by atoms with E-state index >= 15 is 0 Å². The molecule has 1 aliphatic carbocycles. The lowest BCUT2D eigenvalue weighted by Gasteiger charge is -2.17. The van der Waals surface area contributed by atoms with Gasteiger partial charge in [-0.1, -0.05) is 36.7 Å². The van der Waals surface area contributed by atoms with Crippen molar-refractivity contribution < 1.29 is 9.53 Å². The lowest BCUT2D eigenvalue weighted by Crippen LogP contribution is -2.21. The zero-order valence-electron chi connectivity index (χ0n) is 14.1. The number of rotatable bonds is 3. The molecule has 0 bridgehead atoms. The second kappa shape index (κ2) is 6.87. The highest BCUT2D eigenvalue weighted by Gasteiger charge is 2.21. The minimum Gasteiger partial charge on any atom is -0.495 e. The van der Waals surface area contributed by atoms with Crippen LogP contribution in [0.1, 0.15) is 44.6 Å². The number of aromatic nitrogens is 1. The Morgan fingerprint density at radius 3 is 2.74 bits per heavy atom. The van der Waals surface area contributed by atoms with Gasteiger partial charge in [0.2, 0.25) is 0 Å². The van der Waals surface area contributed by atoms with Crippen LogP contribution in [-0.2, 0) is 11.3 Å². The Morgan fingerprint density at radius 2 is 2.09 bits per heavy atom. The molecule has 1 amide bonds. The number of ether oxygens (including phenoxy) is 1. The van der Waals surface area contributed by atoms with E-state index in [-0.39, 0.29) is 11.8 Å². The van der Waals surface area contributed by atoms with E-state index in [2.05, 4.69) is 29.5 Å². The molecular weight excluding hydrogens is 308 g/mol. The summed E-state index contributed by atoms with van der Waals surface area (Å²) >= 11 is 1.59. The maximum Gasteiger partial charge on any atom is 0.251 e. The average molecular weight is 332 g/mol. The SMILES string of the molecule is CCn1c(=NC(=O)C2CCCCC2)sc2c(C)ccc(OC)c21. The maximum atomic E-state index is 12.5. The summed E-state index contributed by atoms with van der Waals surface area (Å²) in [5, 5.41) is 0. The summed E-state index contributed by atoms with van der Waals surface area (Å²) in [6.45, 7) is 4.94. The smallest absolute Gasteiger partial charge is 0.251 e. The standard InChI is InChI=1S/C18H24N2O2S/c1-4-20-15-14(22-3)11-10-12(2)16(15)23-18(20)19-17(21)13-8-6-5-7-9-13/h10-11,13H,4-9H2,1-3H3. The van der Waals surface area contributed by atoms with Gasteiger partial charge in [-0.15, -0.1) is 0 Å². The Labute approximate surface area is 140 Å². The molecule has 0 spiro atoms. The van der Waals surface area contributed by atoms with Gasteiger partial charge in [0, 0.05) is 12.5 Å². The van der Waals surface area contributed by atoms with E-state index in [1.54, 1.807) is 18.4 Å². The first kappa shape index (κ1) is 16.2. The van der Waals surface area contributed by atoms with Crippen LogP contribution in [0.25, 0.3) is 10.2 Å². The summed E-state index contributed by atoms with van der Waals surface area (Å²) in [5.74, 6) is 1.01. The Kier molecular flexibility index (Phi) is 4.85. The van der Waals surface area contributed by atoms with Crippen LogP contribution < -0.4 is 9.54 Å². The normalized spacial score (nSPS) is 16.9. The lowest BCUT2D eigenvalue weighted by atomic mass is 9.89. The van der Waals surface area contributed by atoms with Gasteiger partial charge in [0.1, 0.15) is 11.3 Å². The first-order valence-corrected chi connectivity index (χ1v) is 9.22. The molecule has 4 nitrogen and oxygen atoms in total. The largest absolute Gasteiger partial charge is 0.495 e. The molecule has 1 fully saturated rings. The number of hydrogen-bond donors (Lipinski definition) is 0. The molecule has 1 aromatic heterocycles. The van der Waals surface area contributed by atoms with E-state index in [1.807, 2.05) is 6.07 Å². The zero-order valence-corrected chi connectivity index (χ0v) is 14.9. The number of carbonyl (C=O) groups is 1. The fraction of sp³-hybridized carbons (Fsp3) is 0.556. The van der Waals surface area contributed by atoms with Crippen molar-refractivity contribution in [1.82, 2.24) is 4.57 Å². The van der Waals surface area contributed by atoms with Crippen molar-refractivity contribution in [3.63, 3.8) is 0 Å². The topological polar surface area (TPSA) is 43.6 Å². The third-order valence-corrected chi connectivity index (χ3v) is 5.90. The lowest BCUT2D eigenvalue weighted by molar-refractivity contribution is -0.122. The second-order valence-electron chi connectivity index (χ2n) is 6.18. The molecule has 0 radical (unpaired) electrons. The Hall–Kier alpha value is -1.62. The fourth-order valence-electron chi connectivity index (χ4n) is 3.36. The summed E-state index contributed by atoms with van der Waals surface area (Å²) < 4.78 is 8.78. The summed E-state index contributed by atoms with van der Waals surface area (Å²) in [6, 6.07) is 4.05. The van der Waals surface area contributed by atoms with Crippen LogP contribution in [0.5, 0.6) is 5.75 Å². The van der Waals surface area contributed by atoms with Gasteiger partial charge < -0.3 is 9.30 Å². The fourth-order valence-corrected chi connectivity index (χ4v) is 4.54. The number of nitrogens with zero attached hydrogens (tertiary/aromatic N) is 2. The van der Waals surface area contributed by atoms with Crippen LogP contribution in [-0.4, -0.2) is 17.6 Å². The van der Waals surface area contributed by atoms with Crippen molar-refractivity contribution in [3.8, 4) is 5.75 Å². The van der Waals surface area contributed by atoms with Crippen LogP contribution in [0.15, 0.2) is 17.1 Å². The van der Waals surface area contributed by atoms with E-state index in [9.17, 15) is 4.79 Å². The van der Waals surface area contributed by atoms with E-state index in [4.69, 9.17) is 4.74 Å².